The number of hydrogen-bond acceptors (Lipinski definition) is 5. The summed E-state index contributed by atoms with van der Waals surface area (Å²) in [6, 6.07) is 0. The zero-order chi connectivity index (χ0) is 12.0. The molecule has 0 aromatic rings. The Morgan fingerprint density at radius 2 is 2.12 bits per heavy atom. The van der Waals surface area contributed by atoms with E-state index in [-0.39, 0.29) is 0 Å². The molecule has 1 aliphatic heterocycles. The third-order valence-corrected chi connectivity index (χ3v) is 1.99. The number of rotatable bonds is 3. The first-order chi connectivity index (χ1) is 7.59. The smallest absolute Gasteiger partial charge is 0.347 e. The molecular formula is C10H12O6. The fraction of sp³-hybridized carbons (Fsp3) is 0.500. The van der Waals surface area contributed by atoms with Crippen LogP contribution in [-0.4, -0.2) is 35.7 Å². The van der Waals surface area contributed by atoms with E-state index in [0.29, 0.717) is 19.1 Å². The van der Waals surface area contributed by atoms with Crippen molar-refractivity contribution in [2.75, 3.05) is 6.61 Å². The van der Waals surface area contributed by atoms with E-state index in [0.717, 1.165) is 18.9 Å². The fourth-order valence-corrected chi connectivity index (χ4v) is 1.24. The van der Waals surface area contributed by atoms with Gasteiger partial charge in [0.15, 0.2) is 6.10 Å². The Bertz CT molecular complexity index is 319. The van der Waals surface area contributed by atoms with Crippen molar-refractivity contribution in [1.82, 2.24) is 0 Å². The summed E-state index contributed by atoms with van der Waals surface area (Å²) in [5, 5.41) is 8.28. The van der Waals surface area contributed by atoms with E-state index in [9.17, 15) is 14.4 Å². The maximum atomic E-state index is 11.2. The second-order valence-corrected chi connectivity index (χ2v) is 3.26. The van der Waals surface area contributed by atoms with E-state index in [1.807, 2.05) is 0 Å². The molecule has 16 heavy (non-hydrogen) atoms. The number of cyclic esters (lactones) is 1. The summed E-state index contributed by atoms with van der Waals surface area (Å²) in [6.45, 7) is 0.331. The van der Waals surface area contributed by atoms with E-state index < -0.39 is 24.0 Å². The number of carbonyl (C=O) groups is 3. The van der Waals surface area contributed by atoms with Crippen LogP contribution < -0.4 is 0 Å². The zero-order valence-corrected chi connectivity index (χ0v) is 8.55. The molecule has 0 spiro atoms. The third kappa shape index (κ3) is 4.12. The van der Waals surface area contributed by atoms with Gasteiger partial charge in [0.1, 0.15) is 0 Å². The second-order valence-electron chi connectivity index (χ2n) is 3.26. The van der Waals surface area contributed by atoms with Crippen molar-refractivity contribution in [3.8, 4) is 0 Å². The van der Waals surface area contributed by atoms with Gasteiger partial charge in [-0.05, 0) is 19.3 Å². The monoisotopic (exact) mass is 228 g/mol. The molecule has 0 aliphatic carbocycles. The van der Waals surface area contributed by atoms with E-state index in [4.69, 9.17) is 14.6 Å². The highest BCUT2D eigenvalue weighted by atomic mass is 16.6. The number of carbonyl (C=O) groups excluding carboxylic acids is 2. The number of esters is 2. The van der Waals surface area contributed by atoms with Gasteiger partial charge >= 0.3 is 17.9 Å². The number of hydrogen-bond donors (Lipinski definition) is 1. The molecule has 0 bridgehead atoms. The molecule has 1 rings (SSSR count). The van der Waals surface area contributed by atoms with Crippen molar-refractivity contribution in [3.05, 3.63) is 12.2 Å². The molecule has 1 atom stereocenters. The Labute approximate surface area is 91.8 Å². The molecule has 0 aromatic carbocycles. The van der Waals surface area contributed by atoms with Crippen LogP contribution >= 0.6 is 0 Å². The Balaban J connectivity index is 2.48. The standard InChI is InChI=1S/C10H12O6/c11-8(12)4-5-9(13)16-7-3-1-2-6-15-10(7)14/h4-5,7H,1-3,6H2,(H,11,12)/b5-4+. The van der Waals surface area contributed by atoms with E-state index >= 15 is 0 Å². The maximum absolute atomic E-state index is 11.2. The number of ether oxygens (including phenoxy) is 2. The molecule has 1 fully saturated rings. The van der Waals surface area contributed by atoms with Gasteiger partial charge in [-0.25, -0.2) is 14.4 Å². The van der Waals surface area contributed by atoms with Crippen molar-refractivity contribution in [2.24, 2.45) is 0 Å². The molecule has 0 radical (unpaired) electrons. The third-order valence-electron chi connectivity index (χ3n) is 1.99. The van der Waals surface area contributed by atoms with Crippen LogP contribution in [0.5, 0.6) is 0 Å². The second kappa shape index (κ2) is 5.89. The summed E-state index contributed by atoms with van der Waals surface area (Å²) in [5.41, 5.74) is 0. The molecule has 1 heterocycles. The van der Waals surface area contributed by atoms with E-state index in [1.54, 1.807) is 0 Å². The molecule has 6 nitrogen and oxygen atoms in total. The number of aliphatic carboxylic acids is 1. The topological polar surface area (TPSA) is 89.9 Å². The van der Waals surface area contributed by atoms with Gasteiger partial charge in [-0.3, -0.25) is 0 Å². The van der Waals surface area contributed by atoms with Gasteiger partial charge in [0, 0.05) is 12.2 Å². The van der Waals surface area contributed by atoms with Crippen LogP contribution in [0.25, 0.3) is 0 Å². The lowest BCUT2D eigenvalue weighted by Crippen LogP contribution is -2.27. The van der Waals surface area contributed by atoms with Gasteiger partial charge in [0.05, 0.1) is 6.61 Å². The van der Waals surface area contributed by atoms with Crippen LogP contribution in [0.4, 0.5) is 0 Å². The average molecular weight is 228 g/mol. The Morgan fingerprint density at radius 3 is 2.81 bits per heavy atom. The fourth-order valence-electron chi connectivity index (χ4n) is 1.24. The van der Waals surface area contributed by atoms with Crippen molar-refractivity contribution in [3.63, 3.8) is 0 Å². The van der Waals surface area contributed by atoms with Crippen molar-refractivity contribution < 1.29 is 29.0 Å². The quantitative estimate of drug-likeness (QED) is 0.550. The Morgan fingerprint density at radius 1 is 1.38 bits per heavy atom. The first-order valence-corrected chi connectivity index (χ1v) is 4.88. The predicted octanol–water partition coefficient (Wildman–Crippen LogP) is 0.266. The lowest BCUT2D eigenvalue weighted by molar-refractivity contribution is -0.163. The number of carboxylic acid groups (broad SMARTS) is 1. The molecule has 0 saturated carbocycles. The highest BCUT2D eigenvalue weighted by Gasteiger charge is 2.25. The van der Waals surface area contributed by atoms with Gasteiger partial charge in [-0.15, -0.1) is 0 Å². The summed E-state index contributed by atoms with van der Waals surface area (Å²) in [5.74, 6) is -2.68. The molecule has 1 N–H and O–H groups in total. The van der Waals surface area contributed by atoms with Gasteiger partial charge in [-0.1, -0.05) is 0 Å². The van der Waals surface area contributed by atoms with E-state index in [2.05, 4.69) is 0 Å². The lowest BCUT2D eigenvalue weighted by atomic mass is 10.2. The summed E-state index contributed by atoms with van der Waals surface area (Å²) in [6.07, 6.45) is 2.38. The average Bonchev–Trinajstić information content (AvgIpc) is 2.42. The first-order valence-electron chi connectivity index (χ1n) is 4.88. The predicted molar refractivity (Wildman–Crippen MR) is 51.5 cm³/mol. The molecule has 1 saturated heterocycles. The molecule has 1 aliphatic rings. The van der Waals surface area contributed by atoms with Crippen molar-refractivity contribution >= 4 is 17.9 Å². The first kappa shape index (κ1) is 12.2. The SMILES string of the molecule is O=C(O)/C=C/C(=O)OC1CCCCOC1=O. The Hall–Kier alpha value is -1.85. The maximum Gasteiger partial charge on any atom is 0.347 e. The van der Waals surface area contributed by atoms with Crippen LogP contribution in [0.1, 0.15) is 19.3 Å². The molecule has 1 unspecified atom stereocenters. The van der Waals surface area contributed by atoms with Crippen LogP contribution in [0, 0.1) is 0 Å². The minimum Gasteiger partial charge on any atom is -0.478 e. The summed E-state index contributed by atoms with van der Waals surface area (Å²) in [4.78, 5) is 32.5. The normalized spacial score (nSPS) is 21.2. The van der Waals surface area contributed by atoms with Crippen LogP contribution in [0.2, 0.25) is 0 Å². The Kier molecular flexibility index (Phi) is 4.50. The minimum absolute atomic E-state index is 0.331. The zero-order valence-electron chi connectivity index (χ0n) is 8.55. The van der Waals surface area contributed by atoms with Crippen LogP contribution in [0.3, 0.4) is 0 Å². The molecule has 0 aromatic heterocycles. The van der Waals surface area contributed by atoms with Crippen molar-refractivity contribution in [2.45, 2.75) is 25.4 Å². The lowest BCUT2D eigenvalue weighted by Gasteiger charge is -2.11. The highest BCUT2D eigenvalue weighted by Crippen LogP contribution is 2.12. The number of carboxylic acids is 1. The molecule has 88 valence electrons. The van der Waals surface area contributed by atoms with Crippen LogP contribution in [0.15, 0.2) is 12.2 Å². The van der Waals surface area contributed by atoms with E-state index in [1.165, 1.54) is 0 Å². The summed E-state index contributed by atoms with van der Waals surface area (Å²) in [7, 11) is 0. The van der Waals surface area contributed by atoms with Gasteiger partial charge < -0.3 is 14.6 Å². The van der Waals surface area contributed by atoms with Crippen LogP contribution in [-0.2, 0) is 23.9 Å². The molecule has 6 heteroatoms. The molecular weight excluding hydrogens is 216 g/mol. The summed E-state index contributed by atoms with van der Waals surface area (Å²) < 4.78 is 9.56. The minimum atomic E-state index is -1.25. The molecule has 0 amide bonds. The largest absolute Gasteiger partial charge is 0.478 e. The highest BCUT2D eigenvalue weighted by molar-refractivity contribution is 5.92. The van der Waals surface area contributed by atoms with Crippen molar-refractivity contribution in [1.29, 1.82) is 0 Å². The van der Waals surface area contributed by atoms with Gasteiger partial charge in [0.2, 0.25) is 0 Å². The van der Waals surface area contributed by atoms with Gasteiger partial charge in [-0.2, -0.15) is 0 Å². The summed E-state index contributed by atoms with van der Waals surface area (Å²) >= 11 is 0. The van der Waals surface area contributed by atoms with Gasteiger partial charge in [0.25, 0.3) is 0 Å².